The normalized spacial score (nSPS) is 12.5. The molecule has 0 fully saturated rings. The van der Waals surface area contributed by atoms with Crippen molar-refractivity contribution >= 4 is 0 Å². The van der Waals surface area contributed by atoms with Crippen LogP contribution in [0.3, 0.4) is 0 Å². The van der Waals surface area contributed by atoms with Gasteiger partial charge >= 0.3 is 0 Å². The van der Waals surface area contributed by atoms with Crippen LogP contribution in [0.4, 0.5) is 0 Å². The van der Waals surface area contributed by atoms with Gasteiger partial charge in [0, 0.05) is 0 Å². The summed E-state index contributed by atoms with van der Waals surface area (Å²) < 4.78 is 0. The van der Waals surface area contributed by atoms with E-state index in [9.17, 15) is 0 Å². The highest BCUT2D eigenvalue weighted by Crippen LogP contribution is 2.00. The van der Waals surface area contributed by atoms with E-state index in [0.717, 1.165) is 6.42 Å². The highest BCUT2D eigenvalue weighted by molar-refractivity contribution is 5.16. The van der Waals surface area contributed by atoms with Gasteiger partial charge < -0.3 is 0 Å². The molecule has 0 spiro atoms. The molecule has 0 aliphatic carbocycles. The van der Waals surface area contributed by atoms with Crippen LogP contribution < -0.4 is 0 Å². The van der Waals surface area contributed by atoms with Gasteiger partial charge in [0.1, 0.15) is 0 Å². The molecule has 0 amide bonds. The zero-order chi connectivity index (χ0) is 7.98. The fourth-order valence-corrected chi connectivity index (χ4v) is 0.542. The second-order valence-corrected chi connectivity index (χ2v) is 2.60. The molecule has 0 heterocycles. The van der Waals surface area contributed by atoms with E-state index < -0.39 is 0 Å². The van der Waals surface area contributed by atoms with Gasteiger partial charge in [-0.1, -0.05) is 36.0 Å². The maximum absolute atomic E-state index is 3.81. The first-order valence-corrected chi connectivity index (χ1v) is 3.60. The van der Waals surface area contributed by atoms with Crippen molar-refractivity contribution < 1.29 is 0 Å². The van der Waals surface area contributed by atoms with Crippen LogP contribution in [0.1, 0.15) is 27.2 Å². The average molecular weight is 136 g/mol. The molecule has 0 atom stereocenters. The molecule has 0 nitrogen and oxygen atoms in total. The zero-order valence-electron chi connectivity index (χ0n) is 7.15. The summed E-state index contributed by atoms with van der Waals surface area (Å²) in [5.74, 6) is 0. The van der Waals surface area contributed by atoms with Crippen molar-refractivity contribution in [3.05, 3.63) is 36.0 Å². The maximum atomic E-state index is 3.81. The van der Waals surface area contributed by atoms with Gasteiger partial charge in [-0.2, -0.15) is 0 Å². The van der Waals surface area contributed by atoms with Crippen molar-refractivity contribution in [2.45, 2.75) is 27.2 Å². The molecule has 0 radical (unpaired) electrons. The third-order valence-electron chi connectivity index (χ3n) is 1.30. The lowest BCUT2D eigenvalue weighted by Gasteiger charge is -1.89. The molecule has 0 saturated heterocycles. The third-order valence-corrected chi connectivity index (χ3v) is 1.30. The van der Waals surface area contributed by atoms with Gasteiger partial charge in [0.15, 0.2) is 0 Å². The van der Waals surface area contributed by atoms with Crippen LogP contribution >= 0.6 is 0 Å². The van der Waals surface area contributed by atoms with Gasteiger partial charge in [-0.05, 0) is 27.2 Å². The molecule has 0 aliphatic heterocycles. The predicted octanol–water partition coefficient (Wildman–Crippen LogP) is 3.48. The van der Waals surface area contributed by atoms with Gasteiger partial charge in [0.25, 0.3) is 0 Å². The highest BCUT2D eigenvalue weighted by Gasteiger charge is 1.79. The molecule has 0 N–H and O–H groups in total. The van der Waals surface area contributed by atoms with E-state index in [0.29, 0.717) is 0 Å². The van der Waals surface area contributed by atoms with E-state index in [1.807, 2.05) is 13.8 Å². The Kier molecular flexibility index (Phi) is 4.65. The number of hydrogen-bond acceptors (Lipinski definition) is 0. The fraction of sp³-hybridized carbons (Fsp3) is 0.400. The monoisotopic (exact) mass is 136 g/mol. The SMILES string of the molecule is C=C(C)CC=CC(C)=CC. The van der Waals surface area contributed by atoms with Gasteiger partial charge in [0.2, 0.25) is 0 Å². The molecule has 0 rings (SSSR count). The Morgan fingerprint density at radius 1 is 1.40 bits per heavy atom. The quantitative estimate of drug-likeness (QED) is 0.411. The van der Waals surface area contributed by atoms with Gasteiger partial charge in [-0.3, -0.25) is 0 Å². The molecule has 0 aromatic heterocycles. The minimum atomic E-state index is 0.991. The Hall–Kier alpha value is -0.780. The summed E-state index contributed by atoms with van der Waals surface area (Å²) in [5, 5.41) is 0. The number of rotatable bonds is 3. The second kappa shape index (κ2) is 5.04. The standard InChI is InChI=1S/C10H16/c1-5-10(4)8-6-7-9(2)3/h5-6,8H,2,7H2,1,3-4H3. The summed E-state index contributed by atoms with van der Waals surface area (Å²) in [6.07, 6.45) is 7.34. The Morgan fingerprint density at radius 3 is 2.40 bits per heavy atom. The third kappa shape index (κ3) is 5.36. The lowest BCUT2D eigenvalue weighted by molar-refractivity contribution is 1.22. The molecule has 0 bridgehead atoms. The first kappa shape index (κ1) is 9.22. The van der Waals surface area contributed by atoms with E-state index >= 15 is 0 Å². The fourth-order valence-electron chi connectivity index (χ4n) is 0.542. The van der Waals surface area contributed by atoms with Crippen LogP contribution in [0.2, 0.25) is 0 Å². The molecule has 10 heavy (non-hydrogen) atoms. The molecule has 0 aromatic rings. The summed E-state index contributed by atoms with van der Waals surface area (Å²) in [6, 6.07) is 0. The minimum Gasteiger partial charge on any atom is -0.0998 e. The molecule has 56 valence electrons. The molecule has 0 aromatic carbocycles. The number of hydrogen-bond donors (Lipinski definition) is 0. The van der Waals surface area contributed by atoms with Crippen molar-refractivity contribution in [3.63, 3.8) is 0 Å². The Balaban J connectivity index is 3.67. The summed E-state index contributed by atoms with van der Waals surface area (Å²) in [7, 11) is 0. The van der Waals surface area contributed by atoms with Crippen molar-refractivity contribution in [1.82, 2.24) is 0 Å². The molecule has 0 unspecified atom stereocenters. The van der Waals surface area contributed by atoms with E-state index in [4.69, 9.17) is 0 Å². The van der Waals surface area contributed by atoms with Crippen LogP contribution in [-0.2, 0) is 0 Å². The van der Waals surface area contributed by atoms with Crippen LogP contribution in [0.25, 0.3) is 0 Å². The van der Waals surface area contributed by atoms with Crippen LogP contribution in [-0.4, -0.2) is 0 Å². The van der Waals surface area contributed by atoms with Gasteiger partial charge in [-0.25, -0.2) is 0 Å². The van der Waals surface area contributed by atoms with E-state index in [2.05, 4.69) is 31.7 Å². The first-order valence-electron chi connectivity index (χ1n) is 3.60. The molecular formula is C10H16. The Labute approximate surface area is 64.0 Å². The Morgan fingerprint density at radius 2 is 2.00 bits per heavy atom. The molecule has 0 aliphatic rings. The largest absolute Gasteiger partial charge is 0.0998 e. The predicted molar refractivity (Wildman–Crippen MR) is 48.0 cm³/mol. The Bertz CT molecular complexity index is 159. The lowest BCUT2D eigenvalue weighted by Crippen LogP contribution is -1.69. The smallest absolute Gasteiger partial charge is 0.0141 e. The van der Waals surface area contributed by atoms with Crippen molar-refractivity contribution in [3.8, 4) is 0 Å². The topological polar surface area (TPSA) is 0 Å². The molecule has 0 heteroatoms. The highest BCUT2D eigenvalue weighted by atomic mass is 13.9. The minimum absolute atomic E-state index is 0.991. The molecular weight excluding hydrogens is 120 g/mol. The van der Waals surface area contributed by atoms with Crippen molar-refractivity contribution in [1.29, 1.82) is 0 Å². The summed E-state index contributed by atoms with van der Waals surface area (Å²) in [4.78, 5) is 0. The molecule has 0 saturated carbocycles. The van der Waals surface area contributed by atoms with Crippen molar-refractivity contribution in [2.24, 2.45) is 0 Å². The van der Waals surface area contributed by atoms with Crippen molar-refractivity contribution in [2.75, 3.05) is 0 Å². The first-order chi connectivity index (χ1) is 4.66. The maximum Gasteiger partial charge on any atom is -0.0141 e. The van der Waals surface area contributed by atoms with Crippen LogP contribution in [0.5, 0.6) is 0 Å². The second-order valence-electron chi connectivity index (χ2n) is 2.60. The van der Waals surface area contributed by atoms with E-state index in [-0.39, 0.29) is 0 Å². The van der Waals surface area contributed by atoms with Gasteiger partial charge in [0.05, 0.1) is 0 Å². The summed E-state index contributed by atoms with van der Waals surface area (Å²) in [5.41, 5.74) is 2.52. The average Bonchev–Trinajstić information content (AvgIpc) is 1.87. The van der Waals surface area contributed by atoms with E-state index in [1.165, 1.54) is 11.1 Å². The zero-order valence-corrected chi connectivity index (χ0v) is 7.15. The van der Waals surface area contributed by atoms with Crippen LogP contribution in [0, 0.1) is 0 Å². The summed E-state index contributed by atoms with van der Waals surface area (Å²) in [6.45, 7) is 9.98. The van der Waals surface area contributed by atoms with Gasteiger partial charge in [-0.15, -0.1) is 0 Å². The van der Waals surface area contributed by atoms with Crippen LogP contribution in [0.15, 0.2) is 36.0 Å². The van der Waals surface area contributed by atoms with E-state index in [1.54, 1.807) is 0 Å². The summed E-state index contributed by atoms with van der Waals surface area (Å²) >= 11 is 0. The number of allylic oxidation sites excluding steroid dienone is 5. The lowest BCUT2D eigenvalue weighted by atomic mass is 10.2.